The molecule has 3 rings (SSSR count). The molecular weight excluding hydrogens is 358 g/mol. The number of nitrogens with one attached hydrogen (secondary N) is 2. The van der Waals surface area contributed by atoms with Crippen molar-refractivity contribution in [1.29, 1.82) is 0 Å². The summed E-state index contributed by atoms with van der Waals surface area (Å²) in [7, 11) is 3.29. The van der Waals surface area contributed by atoms with E-state index in [4.69, 9.17) is 9.57 Å². The lowest BCUT2D eigenvalue weighted by atomic mass is 10.1. The van der Waals surface area contributed by atoms with Gasteiger partial charge < -0.3 is 14.9 Å². The second-order valence-corrected chi connectivity index (χ2v) is 5.54. The van der Waals surface area contributed by atoms with Gasteiger partial charge in [0.15, 0.2) is 0 Å². The fourth-order valence-corrected chi connectivity index (χ4v) is 2.34. The van der Waals surface area contributed by atoms with Crippen LogP contribution in [0.25, 0.3) is 0 Å². The van der Waals surface area contributed by atoms with Crippen LogP contribution in [0.4, 0.5) is 11.4 Å². The fourth-order valence-electron chi connectivity index (χ4n) is 2.34. The van der Waals surface area contributed by atoms with Crippen molar-refractivity contribution < 1.29 is 14.4 Å². The van der Waals surface area contributed by atoms with Crippen LogP contribution in [0.2, 0.25) is 0 Å². The molecular formula is C20H19N5O3. The molecule has 1 heterocycles. The molecule has 0 unspecified atom stereocenters. The zero-order valence-corrected chi connectivity index (χ0v) is 15.4. The van der Waals surface area contributed by atoms with Crippen molar-refractivity contribution >= 4 is 23.6 Å². The van der Waals surface area contributed by atoms with Crippen molar-refractivity contribution in [1.82, 2.24) is 15.4 Å². The Hall–Kier alpha value is -3.78. The van der Waals surface area contributed by atoms with E-state index >= 15 is 0 Å². The molecule has 8 heteroatoms. The van der Waals surface area contributed by atoms with E-state index in [0.717, 1.165) is 5.56 Å². The van der Waals surface area contributed by atoms with Crippen LogP contribution < -0.4 is 15.5 Å². The molecule has 28 heavy (non-hydrogen) atoms. The zero-order chi connectivity index (χ0) is 19.8. The van der Waals surface area contributed by atoms with E-state index < -0.39 is 5.97 Å². The summed E-state index contributed by atoms with van der Waals surface area (Å²) in [5.74, 6) is 0.166. The van der Waals surface area contributed by atoms with Crippen LogP contribution in [0.15, 0.2) is 65.9 Å². The van der Waals surface area contributed by atoms with Crippen LogP contribution in [-0.4, -0.2) is 36.2 Å². The number of benzene rings is 2. The summed E-state index contributed by atoms with van der Waals surface area (Å²) in [4.78, 5) is 29.1. The lowest BCUT2D eigenvalue weighted by Crippen LogP contribution is -2.15. The quantitative estimate of drug-likeness (QED) is 0.481. The van der Waals surface area contributed by atoms with E-state index in [1.807, 2.05) is 24.3 Å². The number of aliphatic imine (C=N–C) groups is 1. The van der Waals surface area contributed by atoms with Gasteiger partial charge in [-0.25, -0.2) is 14.8 Å². The van der Waals surface area contributed by atoms with Gasteiger partial charge in [-0.1, -0.05) is 0 Å². The molecule has 0 amide bonds. The van der Waals surface area contributed by atoms with Gasteiger partial charge in [0.1, 0.15) is 5.75 Å². The Kier molecular flexibility index (Phi) is 6.27. The van der Waals surface area contributed by atoms with Gasteiger partial charge in [-0.05, 0) is 54.1 Å². The van der Waals surface area contributed by atoms with Crippen LogP contribution in [0.3, 0.4) is 0 Å². The molecule has 0 bridgehead atoms. The predicted molar refractivity (Wildman–Crippen MR) is 106 cm³/mol. The Morgan fingerprint density at radius 1 is 1.07 bits per heavy atom. The number of hydrogen-bond donors (Lipinski definition) is 2. The van der Waals surface area contributed by atoms with E-state index in [-0.39, 0.29) is 0 Å². The molecule has 0 saturated carbocycles. The van der Waals surface area contributed by atoms with Crippen LogP contribution in [0.5, 0.6) is 11.8 Å². The van der Waals surface area contributed by atoms with E-state index in [1.165, 1.54) is 7.05 Å². The van der Waals surface area contributed by atoms with E-state index in [1.54, 1.807) is 49.9 Å². The van der Waals surface area contributed by atoms with Crippen LogP contribution in [-0.2, 0) is 4.84 Å². The highest BCUT2D eigenvalue weighted by Crippen LogP contribution is 2.26. The van der Waals surface area contributed by atoms with Crippen molar-refractivity contribution in [3.63, 3.8) is 0 Å². The summed E-state index contributed by atoms with van der Waals surface area (Å²) in [5, 5.41) is 3.03. The number of aromatic nitrogens is 2. The molecule has 0 radical (unpaired) electrons. The smallest absolute Gasteiger partial charge is 0.356 e. The van der Waals surface area contributed by atoms with Crippen molar-refractivity contribution in [3.05, 3.63) is 72.1 Å². The molecule has 0 spiro atoms. The summed E-state index contributed by atoms with van der Waals surface area (Å²) < 4.78 is 5.56. The number of hydrogen-bond acceptors (Lipinski definition) is 8. The molecule has 3 aromatic rings. The van der Waals surface area contributed by atoms with Crippen LogP contribution in [0.1, 0.15) is 15.9 Å². The van der Waals surface area contributed by atoms with Crippen molar-refractivity contribution in [2.45, 2.75) is 0 Å². The molecule has 0 saturated heterocycles. The minimum atomic E-state index is -0.465. The molecule has 2 N–H and O–H groups in total. The third-order valence-electron chi connectivity index (χ3n) is 3.68. The van der Waals surface area contributed by atoms with Crippen LogP contribution >= 0.6 is 0 Å². The van der Waals surface area contributed by atoms with Gasteiger partial charge in [0, 0.05) is 32.7 Å². The van der Waals surface area contributed by atoms with E-state index in [0.29, 0.717) is 28.7 Å². The van der Waals surface area contributed by atoms with Crippen LogP contribution in [0, 0.1) is 0 Å². The average molecular weight is 377 g/mol. The largest absolute Gasteiger partial charge is 0.424 e. The lowest BCUT2D eigenvalue weighted by molar-refractivity contribution is 0.0310. The maximum atomic E-state index is 11.8. The van der Waals surface area contributed by atoms with Gasteiger partial charge in [-0.15, -0.1) is 0 Å². The number of carbonyl (C=O) groups excluding carboxylic acids is 1. The number of anilines is 1. The number of ether oxygens (including phenoxy) is 1. The molecule has 0 atom stereocenters. The normalized spacial score (nSPS) is 10.6. The molecule has 0 aliphatic heterocycles. The SMILES string of the molecule is CNOC(=O)c1ccc(N=Cc2ccc(Oc3ncccn3)cc2)c(NC)c1. The minimum Gasteiger partial charge on any atom is -0.424 e. The van der Waals surface area contributed by atoms with Crippen molar-refractivity contribution in [3.8, 4) is 11.8 Å². The number of carbonyl (C=O) groups is 1. The first kappa shape index (κ1) is 19.0. The van der Waals surface area contributed by atoms with Gasteiger partial charge in [0.2, 0.25) is 0 Å². The molecule has 0 aliphatic carbocycles. The molecule has 0 fully saturated rings. The molecule has 0 aliphatic rings. The Morgan fingerprint density at radius 2 is 1.82 bits per heavy atom. The molecule has 142 valence electrons. The summed E-state index contributed by atoms with van der Waals surface area (Å²) in [6.45, 7) is 0. The van der Waals surface area contributed by atoms with Crippen molar-refractivity contribution in [2.75, 3.05) is 19.4 Å². The minimum absolute atomic E-state index is 0.291. The first-order chi connectivity index (χ1) is 13.7. The average Bonchev–Trinajstić information content (AvgIpc) is 2.74. The van der Waals surface area contributed by atoms with Gasteiger partial charge in [0.25, 0.3) is 0 Å². The fraction of sp³-hybridized carbons (Fsp3) is 0.100. The number of nitrogens with zero attached hydrogens (tertiary/aromatic N) is 3. The first-order valence-corrected chi connectivity index (χ1v) is 8.48. The first-order valence-electron chi connectivity index (χ1n) is 8.48. The maximum Gasteiger partial charge on any atom is 0.356 e. The Balaban J connectivity index is 1.71. The van der Waals surface area contributed by atoms with Gasteiger partial charge >= 0.3 is 12.0 Å². The third kappa shape index (κ3) is 4.89. The maximum absolute atomic E-state index is 11.8. The monoisotopic (exact) mass is 377 g/mol. The van der Waals surface area contributed by atoms with Gasteiger partial charge in [0.05, 0.1) is 16.9 Å². The zero-order valence-electron chi connectivity index (χ0n) is 15.4. The topological polar surface area (TPSA) is 97.7 Å². The molecule has 2 aromatic carbocycles. The van der Waals surface area contributed by atoms with Gasteiger partial charge in [-0.2, -0.15) is 5.48 Å². The van der Waals surface area contributed by atoms with Gasteiger partial charge in [-0.3, -0.25) is 4.99 Å². The highest BCUT2D eigenvalue weighted by molar-refractivity contribution is 5.92. The number of hydroxylamine groups is 1. The molecule has 1 aromatic heterocycles. The Bertz CT molecular complexity index is 959. The highest BCUT2D eigenvalue weighted by atomic mass is 16.7. The molecule has 8 nitrogen and oxygen atoms in total. The second kappa shape index (κ2) is 9.24. The number of rotatable bonds is 7. The Morgan fingerprint density at radius 3 is 2.50 bits per heavy atom. The Labute approximate surface area is 162 Å². The second-order valence-electron chi connectivity index (χ2n) is 5.54. The summed E-state index contributed by atoms with van der Waals surface area (Å²) in [5.41, 5.74) is 5.08. The lowest BCUT2D eigenvalue weighted by Gasteiger charge is -2.08. The van der Waals surface area contributed by atoms with Crippen molar-refractivity contribution in [2.24, 2.45) is 4.99 Å². The summed E-state index contributed by atoms with van der Waals surface area (Å²) in [6.07, 6.45) is 4.96. The third-order valence-corrected chi connectivity index (χ3v) is 3.68. The summed E-state index contributed by atoms with van der Waals surface area (Å²) >= 11 is 0. The predicted octanol–water partition coefficient (Wildman–Crippen LogP) is 3.35. The standard InChI is InChI=1S/C20H19N5O3/c1-21-18-12-15(19(26)28-22-2)6-9-17(18)25-13-14-4-7-16(8-5-14)27-20-23-10-3-11-24-20/h3-13,21-22H,1-2H3. The van der Waals surface area contributed by atoms with E-state index in [9.17, 15) is 4.79 Å². The highest BCUT2D eigenvalue weighted by Gasteiger charge is 2.09. The summed E-state index contributed by atoms with van der Waals surface area (Å²) in [6, 6.07) is 14.5. The van der Waals surface area contributed by atoms with E-state index in [2.05, 4.69) is 25.8 Å².